The van der Waals surface area contributed by atoms with Gasteiger partial charge in [-0.05, 0) is 53.5 Å². The number of hydrogen-bond acceptors (Lipinski definition) is 6. The van der Waals surface area contributed by atoms with Crippen molar-refractivity contribution < 1.29 is 23.6 Å². The van der Waals surface area contributed by atoms with Crippen molar-refractivity contribution in [3.8, 4) is 10.4 Å². The van der Waals surface area contributed by atoms with Gasteiger partial charge in [-0.3, -0.25) is 9.59 Å². The molecule has 2 N–H and O–H groups in total. The molecule has 0 radical (unpaired) electrons. The largest absolute Gasteiger partial charge is 0.388 e. The number of rotatable bonds is 7. The molecule has 2 amide bonds. The van der Waals surface area contributed by atoms with Crippen molar-refractivity contribution in [2.45, 2.75) is 58.5 Å². The van der Waals surface area contributed by atoms with Crippen LogP contribution >= 0.6 is 11.3 Å². The Hall–Kier alpha value is -3.04. The second-order valence-corrected chi connectivity index (χ2v) is 10.3. The molecule has 3 heterocycles. The predicted octanol–water partition coefficient (Wildman–Crippen LogP) is 3.99. The average molecular weight is 500 g/mol. The first-order chi connectivity index (χ1) is 16.7. The molecule has 4 rings (SSSR count). The van der Waals surface area contributed by atoms with Crippen molar-refractivity contribution in [2.75, 3.05) is 6.54 Å². The molecule has 0 aliphatic carbocycles. The number of amides is 2. The second kappa shape index (κ2) is 10.3. The number of β-amino-alcohol motifs (C(OH)–C–C–N with tert-alkyl or cyclic N) is 1. The highest BCUT2D eigenvalue weighted by Crippen LogP contribution is 2.32. The highest BCUT2D eigenvalue weighted by atomic mass is 32.1. The minimum Gasteiger partial charge on any atom is -0.388 e. The molecule has 0 bridgehead atoms. The number of nitrogens with zero attached hydrogens (tertiary/aromatic N) is 2. The van der Waals surface area contributed by atoms with E-state index in [1.807, 2.05) is 32.9 Å². The lowest BCUT2D eigenvalue weighted by atomic mass is 9.91. The maximum Gasteiger partial charge on any atom is 0.246 e. The third-order valence-electron chi connectivity index (χ3n) is 6.56. The first kappa shape index (κ1) is 25.1. The zero-order valence-electron chi connectivity index (χ0n) is 20.2. The minimum atomic E-state index is -1.88. The van der Waals surface area contributed by atoms with E-state index in [1.165, 1.54) is 16.6 Å². The van der Waals surface area contributed by atoms with Crippen LogP contribution in [0, 0.1) is 19.8 Å². The molecule has 1 aliphatic rings. The van der Waals surface area contributed by atoms with Crippen molar-refractivity contribution in [1.82, 2.24) is 15.4 Å². The van der Waals surface area contributed by atoms with Crippen LogP contribution in [0.5, 0.6) is 0 Å². The van der Waals surface area contributed by atoms with Crippen LogP contribution in [0.15, 0.2) is 46.4 Å². The van der Waals surface area contributed by atoms with Gasteiger partial charge in [0.15, 0.2) is 6.17 Å². The van der Waals surface area contributed by atoms with Crippen LogP contribution in [0.1, 0.15) is 42.2 Å². The molecule has 1 fully saturated rings. The molecule has 0 unspecified atom stereocenters. The molecular formula is C26H30FN3O4S. The smallest absolute Gasteiger partial charge is 0.246 e. The first-order valence-corrected chi connectivity index (χ1v) is 12.5. The summed E-state index contributed by atoms with van der Waals surface area (Å²) in [6.45, 7) is 7.63. The molecule has 4 atom stereocenters. The SMILES string of the molecule is Cc1cc(-c2sccc2C)ccc1CNC(=O)[C@@H]1[C@@H](F)[C@@H](O)CN1C(=O)[C@@H](c1ccno1)C(C)C. The van der Waals surface area contributed by atoms with Crippen LogP contribution in [0.25, 0.3) is 10.4 Å². The number of benzene rings is 1. The zero-order valence-corrected chi connectivity index (χ0v) is 21.0. The van der Waals surface area contributed by atoms with Crippen LogP contribution in [0.2, 0.25) is 0 Å². The monoisotopic (exact) mass is 499 g/mol. The van der Waals surface area contributed by atoms with Gasteiger partial charge in [-0.2, -0.15) is 0 Å². The summed E-state index contributed by atoms with van der Waals surface area (Å²) < 4.78 is 20.2. The van der Waals surface area contributed by atoms with Crippen molar-refractivity contribution in [3.63, 3.8) is 0 Å². The van der Waals surface area contributed by atoms with Crippen molar-refractivity contribution in [2.24, 2.45) is 5.92 Å². The maximum atomic E-state index is 15.0. The lowest BCUT2D eigenvalue weighted by molar-refractivity contribution is -0.142. The topological polar surface area (TPSA) is 95.7 Å². The van der Waals surface area contributed by atoms with Gasteiger partial charge in [-0.1, -0.05) is 37.2 Å². The fourth-order valence-electron chi connectivity index (χ4n) is 4.60. The summed E-state index contributed by atoms with van der Waals surface area (Å²) in [4.78, 5) is 28.8. The number of aliphatic hydroxyl groups is 1. The first-order valence-electron chi connectivity index (χ1n) is 11.6. The average Bonchev–Trinajstić information content (AvgIpc) is 3.54. The zero-order chi connectivity index (χ0) is 25.3. The normalized spacial score (nSPS) is 20.9. The third-order valence-corrected chi connectivity index (χ3v) is 7.62. The molecule has 0 saturated carbocycles. The van der Waals surface area contributed by atoms with E-state index in [2.05, 4.69) is 34.9 Å². The summed E-state index contributed by atoms with van der Waals surface area (Å²) in [5.41, 5.74) is 4.21. The summed E-state index contributed by atoms with van der Waals surface area (Å²) in [6.07, 6.45) is -1.88. The lowest BCUT2D eigenvalue weighted by Gasteiger charge is -2.29. The summed E-state index contributed by atoms with van der Waals surface area (Å²) in [7, 11) is 0. The van der Waals surface area contributed by atoms with E-state index < -0.39 is 36.0 Å². The highest BCUT2D eigenvalue weighted by Gasteiger charge is 2.50. The van der Waals surface area contributed by atoms with Gasteiger partial charge in [-0.15, -0.1) is 11.3 Å². The van der Waals surface area contributed by atoms with Crippen LogP contribution in [0.4, 0.5) is 4.39 Å². The summed E-state index contributed by atoms with van der Waals surface area (Å²) in [6, 6.07) is 8.26. The number of halogens is 1. The third kappa shape index (κ3) is 5.01. The van der Waals surface area contributed by atoms with Crippen LogP contribution in [0.3, 0.4) is 0 Å². The molecule has 7 nitrogen and oxygen atoms in total. The maximum absolute atomic E-state index is 15.0. The van der Waals surface area contributed by atoms with E-state index in [9.17, 15) is 19.1 Å². The number of aryl methyl sites for hydroxylation is 2. The van der Waals surface area contributed by atoms with Gasteiger partial charge in [-0.25, -0.2) is 4.39 Å². The Balaban J connectivity index is 1.49. The van der Waals surface area contributed by atoms with E-state index >= 15 is 0 Å². The number of carbonyl (C=O) groups is 2. The van der Waals surface area contributed by atoms with Crippen molar-refractivity contribution in [1.29, 1.82) is 0 Å². The van der Waals surface area contributed by atoms with E-state index in [0.717, 1.165) is 21.6 Å². The number of nitrogens with one attached hydrogen (secondary N) is 1. The number of aliphatic hydroxyl groups excluding tert-OH is 1. The molecule has 1 aromatic carbocycles. The van der Waals surface area contributed by atoms with Crippen molar-refractivity contribution in [3.05, 3.63) is 64.4 Å². The Labute approximate surface area is 207 Å². The summed E-state index contributed by atoms with van der Waals surface area (Å²) in [5.74, 6) is -1.68. The number of likely N-dealkylation sites (tertiary alicyclic amines) is 1. The number of alkyl halides is 1. The van der Waals surface area contributed by atoms with Gasteiger partial charge >= 0.3 is 0 Å². The number of hydrogen-bond donors (Lipinski definition) is 2. The molecule has 35 heavy (non-hydrogen) atoms. The summed E-state index contributed by atoms with van der Waals surface area (Å²) in [5, 5.41) is 18.7. The van der Waals surface area contributed by atoms with Crippen molar-refractivity contribution >= 4 is 23.2 Å². The van der Waals surface area contributed by atoms with Crippen LogP contribution < -0.4 is 5.32 Å². The molecular weight excluding hydrogens is 469 g/mol. The Kier molecular flexibility index (Phi) is 7.37. The molecule has 186 valence electrons. The quantitative estimate of drug-likeness (QED) is 0.513. The van der Waals surface area contributed by atoms with E-state index in [1.54, 1.807) is 17.4 Å². The Morgan fingerprint density at radius 1 is 1.26 bits per heavy atom. The van der Waals surface area contributed by atoms with Gasteiger partial charge in [0.1, 0.15) is 23.8 Å². The highest BCUT2D eigenvalue weighted by molar-refractivity contribution is 7.13. The van der Waals surface area contributed by atoms with Gasteiger partial charge in [0.05, 0.1) is 12.7 Å². The van der Waals surface area contributed by atoms with Crippen LogP contribution in [-0.4, -0.2) is 51.8 Å². The Morgan fingerprint density at radius 3 is 2.63 bits per heavy atom. The molecule has 3 aromatic rings. The standard InChI is InChI=1S/C26H30FN3O4S/c1-14(2)21(20-7-9-29-34-20)26(33)30-13-19(31)22(27)23(30)25(32)28-12-18-6-5-17(11-16(18)4)24-15(3)8-10-35-24/h5-11,14,19,21-23,31H,12-13H2,1-4H3,(H,28,32)/t19-,21+,22-,23-/m0/s1. The number of aromatic nitrogens is 1. The molecule has 1 aliphatic heterocycles. The van der Waals surface area contributed by atoms with E-state index in [4.69, 9.17) is 4.52 Å². The van der Waals surface area contributed by atoms with E-state index in [-0.39, 0.29) is 19.0 Å². The molecule has 9 heteroatoms. The predicted molar refractivity (Wildman–Crippen MR) is 132 cm³/mol. The van der Waals surface area contributed by atoms with E-state index in [0.29, 0.717) is 5.76 Å². The minimum absolute atomic E-state index is 0.178. The van der Waals surface area contributed by atoms with Crippen LogP contribution in [-0.2, 0) is 16.1 Å². The van der Waals surface area contributed by atoms with Gasteiger partial charge in [0, 0.05) is 17.5 Å². The van der Waals surface area contributed by atoms with Gasteiger partial charge < -0.3 is 19.8 Å². The summed E-state index contributed by atoms with van der Waals surface area (Å²) >= 11 is 1.68. The molecule has 1 saturated heterocycles. The van der Waals surface area contributed by atoms with Gasteiger partial charge in [0.2, 0.25) is 11.8 Å². The second-order valence-electron chi connectivity index (χ2n) is 9.38. The number of thiophene rings is 1. The van der Waals surface area contributed by atoms with Gasteiger partial charge in [0.25, 0.3) is 0 Å². The molecule has 0 spiro atoms. The fourth-order valence-corrected chi connectivity index (χ4v) is 5.53. The lowest BCUT2D eigenvalue weighted by Crippen LogP contribution is -2.50. The number of carbonyl (C=O) groups excluding carboxylic acids is 2. The Bertz CT molecular complexity index is 1190. The molecule has 2 aromatic heterocycles. The Morgan fingerprint density at radius 2 is 2.03 bits per heavy atom. The fraction of sp³-hybridized carbons (Fsp3) is 0.423.